The number of sulfonamides is 1. The number of halogens is 1. The van der Waals surface area contributed by atoms with E-state index >= 15 is 0 Å². The van der Waals surface area contributed by atoms with E-state index in [4.69, 9.17) is 0 Å². The fourth-order valence-electron chi connectivity index (χ4n) is 2.93. The molecule has 0 aliphatic carbocycles. The number of thiazole rings is 1. The Morgan fingerprint density at radius 1 is 1.29 bits per heavy atom. The van der Waals surface area contributed by atoms with Gasteiger partial charge in [-0.3, -0.25) is 4.79 Å². The van der Waals surface area contributed by atoms with Crippen LogP contribution in [0, 0.1) is 19.7 Å². The van der Waals surface area contributed by atoms with E-state index in [-0.39, 0.29) is 6.42 Å². The quantitative estimate of drug-likeness (QED) is 0.447. The fourth-order valence-corrected chi connectivity index (χ4v) is 6.35. The minimum absolute atomic E-state index is 0.252. The zero-order valence-electron chi connectivity index (χ0n) is 17.1. The molecular formula is C20H22FN3O3S4. The lowest BCUT2D eigenvalue weighted by Crippen LogP contribution is -2.44. The summed E-state index contributed by atoms with van der Waals surface area (Å²) in [5.41, 5.74) is 1.77. The van der Waals surface area contributed by atoms with Crippen LogP contribution in [0.15, 0.2) is 40.6 Å². The van der Waals surface area contributed by atoms with E-state index in [0.717, 1.165) is 22.2 Å². The van der Waals surface area contributed by atoms with Gasteiger partial charge in [-0.1, -0.05) is 12.1 Å². The first-order valence-corrected chi connectivity index (χ1v) is 13.9. The van der Waals surface area contributed by atoms with Crippen molar-refractivity contribution in [2.45, 2.75) is 31.2 Å². The van der Waals surface area contributed by atoms with Gasteiger partial charge in [-0.15, -0.1) is 22.7 Å². The van der Waals surface area contributed by atoms with Crippen molar-refractivity contribution in [1.29, 1.82) is 0 Å². The molecular weight excluding hydrogens is 478 g/mol. The molecule has 0 spiro atoms. The summed E-state index contributed by atoms with van der Waals surface area (Å²) in [7, 11) is -4.21. The third-order valence-corrected chi connectivity index (χ3v) is 8.27. The number of aryl methyl sites for hydroxylation is 2. The van der Waals surface area contributed by atoms with Crippen molar-refractivity contribution in [3.05, 3.63) is 51.3 Å². The maximum atomic E-state index is 14.0. The Morgan fingerprint density at radius 2 is 2.03 bits per heavy atom. The largest absolute Gasteiger partial charge is 0.301 e. The van der Waals surface area contributed by atoms with Gasteiger partial charge in [0.15, 0.2) is 5.13 Å². The second-order valence-electron chi connectivity index (χ2n) is 6.74. The van der Waals surface area contributed by atoms with Gasteiger partial charge >= 0.3 is 0 Å². The molecule has 2 heterocycles. The first-order chi connectivity index (χ1) is 14.7. The van der Waals surface area contributed by atoms with Gasteiger partial charge in [0.2, 0.25) is 15.9 Å². The van der Waals surface area contributed by atoms with Crippen molar-refractivity contribution in [2.24, 2.45) is 0 Å². The van der Waals surface area contributed by atoms with Gasteiger partial charge in [0.1, 0.15) is 16.8 Å². The molecule has 0 saturated carbocycles. The predicted octanol–water partition coefficient (Wildman–Crippen LogP) is 4.67. The van der Waals surface area contributed by atoms with E-state index in [9.17, 15) is 17.6 Å². The lowest BCUT2D eigenvalue weighted by molar-refractivity contribution is -0.117. The molecule has 1 unspecified atom stereocenters. The summed E-state index contributed by atoms with van der Waals surface area (Å²) in [6, 6.07) is 6.05. The Balaban J connectivity index is 1.78. The molecule has 1 atom stereocenters. The van der Waals surface area contributed by atoms with Gasteiger partial charge < -0.3 is 5.32 Å². The average molecular weight is 500 g/mol. The topological polar surface area (TPSA) is 88.2 Å². The van der Waals surface area contributed by atoms with E-state index in [2.05, 4.69) is 15.0 Å². The predicted molar refractivity (Wildman–Crippen MR) is 127 cm³/mol. The Labute approximate surface area is 193 Å². The number of rotatable bonds is 9. The van der Waals surface area contributed by atoms with Gasteiger partial charge in [-0.05, 0) is 50.5 Å². The van der Waals surface area contributed by atoms with Crippen LogP contribution in [0.25, 0.3) is 11.3 Å². The smallest absolute Gasteiger partial charge is 0.244 e. The highest BCUT2D eigenvalue weighted by atomic mass is 32.2. The molecule has 0 fully saturated rings. The first-order valence-electron chi connectivity index (χ1n) is 9.31. The molecule has 0 radical (unpaired) electrons. The van der Waals surface area contributed by atoms with Crippen molar-refractivity contribution in [1.82, 2.24) is 9.71 Å². The fraction of sp³-hybridized carbons (Fsp3) is 0.300. The maximum Gasteiger partial charge on any atom is 0.244 e. The zero-order valence-corrected chi connectivity index (χ0v) is 20.4. The number of nitrogens with one attached hydrogen (secondary N) is 2. The number of nitrogens with zero attached hydrogens (tertiary/aromatic N) is 1. The van der Waals surface area contributed by atoms with Crippen LogP contribution in [0.5, 0.6) is 0 Å². The Kier molecular flexibility index (Phi) is 7.87. The van der Waals surface area contributed by atoms with Gasteiger partial charge in [-0.2, -0.15) is 16.5 Å². The van der Waals surface area contributed by atoms with Crippen LogP contribution in [-0.2, 0) is 14.8 Å². The molecule has 11 heteroatoms. The van der Waals surface area contributed by atoms with Crippen LogP contribution in [0.1, 0.15) is 16.2 Å². The molecule has 0 aliphatic heterocycles. The molecule has 0 bridgehead atoms. The first kappa shape index (κ1) is 23.9. The van der Waals surface area contributed by atoms with Gasteiger partial charge in [0, 0.05) is 20.7 Å². The summed E-state index contributed by atoms with van der Waals surface area (Å²) < 4.78 is 41.7. The highest BCUT2D eigenvalue weighted by molar-refractivity contribution is 7.98. The number of benzene rings is 1. The van der Waals surface area contributed by atoms with Crippen LogP contribution < -0.4 is 10.0 Å². The van der Waals surface area contributed by atoms with Gasteiger partial charge in [0.05, 0.1) is 5.69 Å². The summed E-state index contributed by atoms with van der Waals surface area (Å²) in [6.07, 6.45) is 2.11. The summed E-state index contributed by atoms with van der Waals surface area (Å²) in [4.78, 5) is 19.2. The second-order valence-corrected chi connectivity index (χ2v) is 11.7. The van der Waals surface area contributed by atoms with Crippen molar-refractivity contribution in [3.63, 3.8) is 0 Å². The second kappa shape index (κ2) is 10.2. The molecule has 2 N–H and O–H groups in total. The summed E-state index contributed by atoms with van der Waals surface area (Å²) in [5, 5.41) is 4.93. The Bertz CT molecular complexity index is 1170. The third kappa shape index (κ3) is 5.92. The van der Waals surface area contributed by atoms with E-state index in [0.29, 0.717) is 10.9 Å². The molecule has 31 heavy (non-hydrogen) atoms. The van der Waals surface area contributed by atoms with Crippen LogP contribution in [0.4, 0.5) is 9.52 Å². The number of thiophene rings is 1. The molecule has 0 aliphatic rings. The number of hydrogen-bond donors (Lipinski definition) is 2. The molecule has 166 valence electrons. The highest BCUT2D eigenvalue weighted by Gasteiger charge is 2.28. The van der Waals surface area contributed by atoms with Crippen LogP contribution in [0.3, 0.4) is 0 Å². The summed E-state index contributed by atoms with van der Waals surface area (Å²) in [5.74, 6) is -0.855. The Hall–Kier alpha value is -1.79. The highest BCUT2D eigenvalue weighted by Crippen LogP contribution is 2.32. The summed E-state index contributed by atoms with van der Waals surface area (Å²) >= 11 is 4.43. The van der Waals surface area contributed by atoms with Crippen LogP contribution in [-0.4, -0.2) is 37.4 Å². The summed E-state index contributed by atoms with van der Waals surface area (Å²) in [6.45, 7) is 4.04. The minimum atomic E-state index is -4.21. The number of thioether (sulfide) groups is 1. The molecule has 1 amide bonds. The lowest BCUT2D eigenvalue weighted by atomic mass is 10.2. The number of carbonyl (C=O) groups excluding carboxylic acids is 1. The van der Waals surface area contributed by atoms with Crippen molar-refractivity contribution in [2.75, 3.05) is 17.3 Å². The van der Waals surface area contributed by atoms with Crippen molar-refractivity contribution >= 4 is 55.5 Å². The maximum absolute atomic E-state index is 14.0. The normalized spacial score (nSPS) is 12.6. The molecule has 3 aromatic rings. The standard InChI is InChI=1S/C20H22FN3O3S4/c1-12-10-14(13(2)30-12)17-11-29-20(22-17)23-19(25)16(8-9-28-3)24-31(26,27)18-7-5-4-6-15(18)21/h4-7,10-11,16,24H,8-9H2,1-3H3,(H,22,23,25). The number of carbonyl (C=O) groups is 1. The molecule has 0 saturated heterocycles. The van der Waals surface area contributed by atoms with E-state index in [1.54, 1.807) is 11.3 Å². The van der Waals surface area contributed by atoms with Crippen molar-refractivity contribution in [3.8, 4) is 11.3 Å². The number of aromatic nitrogens is 1. The van der Waals surface area contributed by atoms with E-state index < -0.39 is 32.7 Å². The SMILES string of the molecule is CSCCC(NS(=O)(=O)c1ccccc1F)C(=O)Nc1nc(-c2cc(C)sc2C)cs1. The number of amides is 1. The van der Waals surface area contributed by atoms with Crippen LogP contribution in [0.2, 0.25) is 0 Å². The molecule has 2 aromatic heterocycles. The number of hydrogen-bond acceptors (Lipinski definition) is 7. The lowest BCUT2D eigenvalue weighted by Gasteiger charge is -2.17. The average Bonchev–Trinajstić information content (AvgIpc) is 3.30. The van der Waals surface area contributed by atoms with E-state index in [1.807, 2.05) is 31.5 Å². The van der Waals surface area contributed by atoms with E-state index in [1.165, 1.54) is 46.2 Å². The monoisotopic (exact) mass is 499 g/mol. The zero-order chi connectivity index (χ0) is 22.6. The molecule has 6 nitrogen and oxygen atoms in total. The number of anilines is 1. The molecule has 1 aromatic carbocycles. The molecule has 3 rings (SSSR count). The van der Waals surface area contributed by atoms with Crippen LogP contribution >= 0.6 is 34.4 Å². The van der Waals surface area contributed by atoms with Gasteiger partial charge in [0.25, 0.3) is 0 Å². The Morgan fingerprint density at radius 3 is 2.68 bits per heavy atom. The minimum Gasteiger partial charge on any atom is -0.301 e. The van der Waals surface area contributed by atoms with Crippen molar-refractivity contribution < 1.29 is 17.6 Å². The van der Waals surface area contributed by atoms with Gasteiger partial charge in [-0.25, -0.2) is 17.8 Å². The third-order valence-electron chi connectivity index (χ3n) is 4.40.